The summed E-state index contributed by atoms with van der Waals surface area (Å²) in [4.78, 5) is 41.1. The maximum Gasteiger partial charge on any atom is 0.414 e. The SMILES string of the molecule is O=C1O[C@@H](CO)CN1c1ccc(-c2ccc3c(c2)CC2(C(=O)NNC2=O)C2CCCN32)c(F)c1. The third-order valence-corrected chi connectivity index (χ3v) is 7.43. The Morgan fingerprint density at radius 2 is 1.91 bits per heavy atom. The monoisotopic (exact) mass is 466 g/mol. The maximum absolute atomic E-state index is 15.2. The van der Waals surface area contributed by atoms with Gasteiger partial charge in [0.15, 0.2) is 5.41 Å². The van der Waals surface area contributed by atoms with Crippen molar-refractivity contribution in [3.05, 3.63) is 47.8 Å². The van der Waals surface area contributed by atoms with Crippen LogP contribution in [0.3, 0.4) is 0 Å². The summed E-state index contributed by atoms with van der Waals surface area (Å²) in [6.07, 6.45) is 0.631. The lowest BCUT2D eigenvalue weighted by atomic mass is 9.70. The Morgan fingerprint density at radius 1 is 1.12 bits per heavy atom. The normalized spacial score (nSPS) is 24.7. The number of anilines is 2. The molecule has 6 rings (SSSR count). The summed E-state index contributed by atoms with van der Waals surface area (Å²) >= 11 is 0. The molecule has 176 valence electrons. The van der Waals surface area contributed by atoms with Crippen molar-refractivity contribution >= 4 is 29.3 Å². The number of carbonyl (C=O) groups excluding carboxylic acids is 3. The number of nitrogens with zero attached hydrogens (tertiary/aromatic N) is 2. The Balaban J connectivity index is 1.36. The van der Waals surface area contributed by atoms with Crippen LogP contribution >= 0.6 is 0 Å². The molecule has 10 heteroatoms. The molecule has 9 nitrogen and oxygen atoms in total. The van der Waals surface area contributed by atoms with E-state index in [0.29, 0.717) is 16.8 Å². The highest BCUT2D eigenvalue weighted by Crippen LogP contribution is 2.48. The van der Waals surface area contributed by atoms with Crippen LogP contribution in [-0.2, 0) is 20.7 Å². The van der Waals surface area contributed by atoms with E-state index in [1.807, 2.05) is 18.2 Å². The Labute approximate surface area is 194 Å². The van der Waals surface area contributed by atoms with Gasteiger partial charge in [-0.15, -0.1) is 0 Å². The van der Waals surface area contributed by atoms with Crippen molar-refractivity contribution in [2.24, 2.45) is 5.41 Å². The summed E-state index contributed by atoms with van der Waals surface area (Å²) in [6, 6.07) is 9.91. The van der Waals surface area contributed by atoms with E-state index in [1.54, 1.807) is 12.1 Å². The predicted octanol–water partition coefficient (Wildman–Crippen LogP) is 1.48. The standard InChI is InChI=1S/C24H23FN4O5/c25-18-9-15(29-11-16(12-30)34-23(29)33)4-5-17(18)13-3-6-19-14(8-13)10-24(20-2-1-7-28(19)20)21(31)26-27-22(24)32/h3-6,8-9,16,20,30H,1-2,7,10-12H2,(H,26,31)(H,27,32)/t16-,20?/m1/s1. The number of hydrazine groups is 1. The number of ether oxygens (including phenoxy) is 1. The zero-order valence-corrected chi connectivity index (χ0v) is 18.2. The molecule has 3 N–H and O–H groups in total. The van der Waals surface area contributed by atoms with Gasteiger partial charge in [-0.2, -0.15) is 0 Å². The molecule has 0 bridgehead atoms. The molecule has 3 saturated heterocycles. The second-order valence-electron chi connectivity index (χ2n) is 9.21. The van der Waals surface area contributed by atoms with Crippen LogP contribution < -0.4 is 20.7 Å². The number of benzene rings is 2. The summed E-state index contributed by atoms with van der Waals surface area (Å²) < 4.78 is 20.2. The zero-order chi connectivity index (χ0) is 23.6. The van der Waals surface area contributed by atoms with E-state index in [9.17, 15) is 19.5 Å². The summed E-state index contributed by atoms with van der Waals surface area (Å²) in [6.45, 7) is 0.604. The molecule has 0 aliphatic carbocycles. The fraction of sp³-hybridized carbons (Fsp3) is 0.375. The highest BCUT2D eigenvalue weighted by Gasteiger charge is 2.61. The number of carbonyl (C=O) groups is 3. The molecule has 4 aliphatic rings. The Morgan fingerprint density at radius 3 is 2.62 bits per heavy atom. The molecule has 2 aromatic rings. The van der Waals surface area contributed by atoms with Crippen LogP contribution in [0.25, 0.3) is 11.1 Å². The van der Waals surface area contributed by atoms with Crippen LogP contribution in [0.2, 0.25) is 0 Å². The number of aliphatic hydroxyl groups excluding tert-OH is 1. The van der Waals surface area contributed by atoms with Gasteiger partial charge < -0.3 is 14.7 Å². The van der Waals surface area contributed by atoms with Gasteiger partial charge in [0.1, 0.15) is 11.9 Å². The Hall–Kier alpha value is -3.66. The molecule has 1 unspecified atom stereocenters. The van der Waals surface area contributed by atoms with E-state index in [2.05, 4.69) is 15.8 Å². The van der Waals surface area contributed by atoms with Crippen molar-refractivity contribution in [3.8, 4) is 11.1 Å². The van der Waals surface area contributed by atoms with Gasteiger partial charge >= 0.3 is 6.09 Å². The average molecular weight is 466 g/mol. The molecule has 34 heavy (non-hydrogen) atoms. The van der Waals surface area contributed by atoms with Crippen molar-refractivity contribution in [2.75, 3.05) is 29.5 Å². The number of amides is 3. The molecule has 2 atom stereocenters. The van der Waals surface area contributed by atoms with E-state index in [4.69, 9.17) is 4.74 Å². The first-order chi connectivity index (χ1) is 16.4. The first-order valence-electron chi connectivity index (χ1n) is 11.3. The Bertz CT molecular complexity index is 1220. The minimum Gasteiger partial charge on any atom is -0.441 e. The van der Waals surface area contributed by atoms with Gasteiger partial charge in [0.25, 0.3) is 11.8 Å². The third-order valence-electron chi connectivity index (χ3n) is 7.43. The van der Waals surface area contributed by atoms with Crippen molar-refractivity contribution < 1.29 is 28.6 Å². The molecule has 0 radical (unpaired) electrons. The van der Waals surface area contributed by atoms with E-state index in [1.165, 1.54) is 11.0 Å². The highest BCUT2D eigenvalue weighted by molar-refractivity contribution is 6.12. The van der Waals surface area contributed by atoms with Gasteiger partial charge in [0.05, 0.1) is 24.9 Å². The zero-order valence-electron chi connectivity index (χ0n) is 18.2. The second-order valence-corrected chi connectivity index (χ2v) is 9.21. The number of nitrogens with one attached hydrogen (secondary N) is 2. The van der Waals surface area contributed by atoms with Crippen LogP contribution in [0.15, 0.2) is 36.4 Å². The van der Waals surface area contributed by atoms with E-state index in [-0.39, 0.29) is 37.4 Å². The number of cyclic esters (lactones) is 1. The third kappa shape index (κ3) is 2.84. The van der Waals surface area contributed by atoms with Gasteiger partial charge in [-0.25, -0.2) is 9.18 Å². The van der Waals surface area contributed by atoms with Crippen LogP contribution in [0.1, 0.15) is 18.4 Å². The smallest absolute Gasteiger partial charge is 0.414 e. The van der Waals surface area contributed by atoms with Gasteiger partial charge in [-0.1, -0.05) is 6.07 Å². The van der Waals surface area contributed by atoms with Crippen LogP contribution in [0, 0.1) is 11.2 Å². The fourth-order valence-electron chi connectivity index (χ4n) is 5.80. The largest absolute Gasteiger partial charge is 0.441 e. The minimum absolute atomic E-state index is 0.149. The van der Waals surface area contributed by atoms with E-state index >= 15 is 4.39 Å². The van der Waals surface area contributed by atoms with Gasteiger partial charge in [-0.05, 0) is 60.7 Å². The van der Waals surface area contributed by atoms with Crippen molar-refractivity contribution in [3.63, 3.8) is 0 Å². The lowest BCUT2D eigenvalue weighted by molar-refractivity contribution is -0.137. The first-order valence-corrected chi connectivity index (χ1v) is 11.3. The molecule has 0 aromatic heterocycles. The molecule has 4 aliphatic heterocycles. The number of hydrogen-bond acceptors (Lipinski definition) is 6. The molecular formula is C24H23FN4O5. The molecule has 0 saturated carbocycles. The van der Waals surface area contributed by atoms with Gasteiger partial charge in [-0.3, -0.25) is 25.3 Å². The van der Waals surface area contributed by atoms with E-state index < -0.39 is 23.4 Å². The molecule has 3 fully saturated rings. The minimum atomic E-state index is -1.19. The topological polar surface area (TPSA) is 111 Å². The van der Waals surface area contributed by atoms with Crippen molar-refractivity contribution in [2.45, 2.75) is 31.4 Å². The van der Waals surface area contributed by atoms with Gasteiger partial charge in [0, 0.05) is 17.8 Å². The van der Waals surface area contributed by atoms with Crippen molar-refractivity contribution in [1.82, 2.24) is 10.9 Å². The quantitative estimate of drug-likeness (QED) is 0.591. The van der Waals surface area contributed by atoms with Crippen LogP contribution in [0.4, 0.5) is 20.6 Å². The Kier molecular flexibility index (Phi) is 4.57. The van der Waals surface area contributed by atoms with Crippen LogP contribution in [0.5, 0.6) is 0 Å². The van der Waals surface area contributed by atoms with E-state index in [0.717, 1.165) is 30.6 Å². The summed E-state index contributed by atoms with van der Waals surface area (Å²) in [5, 5.41) is 9.23. The molecule has 3 amide bonds. The lowest BCUT2D eigenvalue weighted by Crippen LogP contribution is -2.56. The fourth-order valence-corrected chi connectivity index (χ4v) is 5.80. The summed E-state index contributed by atoms with van der Waals surface area (Å²) in [7, 11) is 0. The predicted molar refractivity (Wildman–Crippen MR) is 119 cm³/mol. The summed E-state index contributed by atoms with van der Waals surface area (Å²) in [5.41, 5.74) is 6.88. The lowest BCUT2D eigenvalue weighted by Gasteiger charge is -2.43. The summed E-state index contributed by atoms with van der Waals surface area (Å²) in [5.74, 6) is -1.15. The number of fused-ring (bicyclic) bond motifs is 4. The van der Waals surface area contributed by atoms with Crippen LogP contribution in [-0.4, -0.2) is 54.9 Å². The number of aliphatic hydroxyl groups is 1. The van der Waals surface area contributed by atoms with Crippen molar-refractivity contribution in [1.29, 1.82) is 0 Å². The number of halogens is 1. The average Bonchev–Trinajstić information content (AvgIpc) is 3.54. The number of rotatable bonds is 3. The molecule has 4 heterocycles. The maximum atomic E-state index is 15.2. The highest BCUT2D eigenvalue weighted by atomic mass is 19.1. The first kappa shape index (κ1) is 20.9. The van der Waals surface area contributed by atoms with Gasteiger partial charge in [0.2, 0.25) is 0 Å². The molecular weight excluding hydrogens is 443 g/mol. The molecule has 2 aromatic carbocycles. The molecule has 1 spiro atoms. The second kappa shape index (κ2) is 7.42. The number of hydrogen-bond donors (Lipinski definition) is 3.